The fourth-order valence-corrected chi connectivity index (χ4v) is 2.89. The highest BCUT2D eigenvalue weighted by Crippen LogP contribution is 2.30. The largest absolute Gasteiger partial charge is 0.466 e. The summed E-state index contributed by atoms with van der Waals surface area (Å²) in [7, 11) is 1.19. The third-order valence-corrected chi connectivity index (χ3v) is 4.29. The molecule has 0 fully saturated rings. The van der Waals surface area contributed by atoms with Gasteiger partial charge in [-0.15, -0.1) is 0 Å². The molecule has 26 heavy (non-hydrogen) atoms. The summed E-state index contributed by atoms with van der Waals surface area (Å²) in [6.07, 6.45) is 0.0953. The number of H-pyrrole nitrogens is 1. The molecule has 0 saturated heterocycles. The summed E-state index contributed by atoms with van der Waals surface area (Å²) in [6, 6.07) is 6.01. The molecular formula is C17H13Cl2N3O4. The molecule has 1 unspecified atom stereocenters. The van der Waals surface area contributed by atoms with E-state index in [1.807, 2.05) is 6.92 Å². The Bertz CT molecular complexity index is 1000. The molecular weight excluding hydrogens is 381 g/mol. The monoisotopic (exact) mass is 393 g/mol. The van der Waals surface area contributed by atoms with Crippen molar-refractivity contribution in [1.29, 1.82) is 0 Å². The molecule has 3 aromatic rings. The van der Waals surface area contributed by atoms with Gasteiger partial charge in [0.2, 0.25) is 6.10 Å². The Labute approximate surface area is 158 Å². The molecule has 0 radical (unpaired) electrons. The van der Waals surface area contributed by atoms with Crippen LogP contribution in [-0.4, -0.2) is 34.2 Å². The van der Waals surface area contributed by atoms with Crippen molar-refractivity contribution in [2.75, 3.05) is 7.11 Å². The number of carbonyl (C=O) groups excluding carboxylic acids is 2. The van der Waals surface area contributed by atoms with Crippen LogP contribution < -0.4 is 0 Å². The second-order valence-corrected chi connectivity index (χ2v) is 6.25. The zero-order valence-electron chi connectivity index (χ0n) is 13.7. The predicted molar refractivity (Wildman–Crippen MR) is 95.3 cm³/mol. The number of aryl methyl sites for hydroxylation is 1. The van der Waals surface area contributed by atoms with E-state index in [1.54, 1.807) is 0 Å². The van der Waals surface area contributed by atoms with Crippen LogP contribution in [0.3, 0.4) is 0 Å². The zero-order valence-corrected chi connectivity index (χ0v) is 15.3. The van der Waals surface area contributed by atoms with Crippen LogP contribution in [0.1, 0.15) is 27.8 Å². The molecule has 7 nitrogen and oxygen atoms in total. The van der Waals surface area contributed by atoms with Crippen LogP contribution in [-0.2, 0) is 14.3 Å². The van der Waals surface area contributed by atoms with Crippen LogP contribution in [0.15, 0.2) is 30.5 Å². The maximum Gasteiger partial charge on any atom is 0.358 e. The Morgan fingerprint density at radius 1 is 1.23 bits per heavy atom. The molecule has 2 aromatic heterocycles. The van der Waals surface area contributed by atoms with E-state index < -0.39 is 18.0 Å². The summed E-state index contributed by atoms with van der Waals surface area (Å²) in [5.74, 6) is -1.57. The Hall–Kier alpha value is -2.64. The van der Waals surface area contributed by atoms with E-state index in [1.165, 1.54) is 37.6 Å². The van der Waals surface area contributed by atoms with Crippen LogP contribution in [0.25, 0.3) is 10.9 Å². The van der Waals surface area contributed by atoms with E-state index in [-0.39, 0.29) is 16.3 Å². The number of nitrogens with zero attached hydrogens (tertiary/aromatic N) is 2. The molecule has 0 aliphatic heterocycles. The standard InChI is InChI=1S/C17H13Cl2N3O4/c1-8-11-6-13(20-7-14(11)22-21-8)16(23)26-15(17(24)25-2)10-4-3-9(18)5-12(10)19/h3-7,15H,1-2H3,(H,21,22). The van der Waals surface area contributed by atoms with Crippen molar-refractivity contribution < 1.29 is 19.1 Å². The van der Waals surface area contributed by atoms with Gasteiger partial charge in [-0.1, -0.05) is 29.3 Å². The Morgan fingerprint density at radius 2 is 2.00 bits per heavy atom. The molecule has 0 amide bonds. The summed E-state index contributed by atoms with van der Waals surface area (Å²) < 4.78 is 10.0. The lowest BCUT2D eigenvalue weighted by Crippen LogP contribution is -2.22. The minimum Gasteiger partial charge on any atom is -0.466 e. The molecule has 3 rings (SSSR count). The SMILES string of the molecule is COC(=O)C(OC(=O)c1cc2c(C)[nH]nc2cn1)c1ccc(Cl)cc1Cl. The van der Waals surface area contributed by atoms with Gasteiger partial charge in [-0.3, -0.25) is 5.10 Å². The van der Waals surface area contributed by atoms with Crippen LogP contribution in [0.5, 0.6) is 0 Å². The zero-order chi connectivity index (χ0) is 18.8. The van der Waals surface area contributed by atoms with Gasteiger partial charge in [0.05, 0.1) is 13.3 Å². The van der Waals surface area contributed by atoms with Crippen molar-refractivity contribution in [1.82, 2.24) is 15.2 Å². The normalized spacial score (nSPS) is 12.0. The van der Waals surface area contributed by atoms with Crippen LogP contribution in [0, 0.1) is 6.92 Å². The quantitative estimate of drug-likeness (QED) is 0.679. The first kappa shape index (κ1) is 18.2. The Balaban J connectivity index is 1.93. The van der Waals surface area contributed by atoms with Gasteiger partial charge in [0.25, 0.3) is 0 Å². The Kier molecular flexibility index (Phi) is 5.11. The molecule has 1 atom stereocenters. The van der Waals surface area contributed by atoms with E-state index >= 15 is 0 Å². The van der Waals surface area contributed by atoms with Crippen molar-refractivity contribution in [2.45, 2.75) is 13.0 Å². The maximum atomic E-state index is 12.5. The van der Waals surface area contributed by atoms with E-state index in [0.29, 0.717) is 10.5 Å². The number of carbonyl (C=O) groups is 2. The van der Waals surface area contributed by atoms with Gasteiger partial charge in [0, 0.05) is 26.7 Å². The predicted octanol–water partition coefficient (Wildman–Crippen LogP) is 3.64. The number of fused-ring (bicyclic) bond motifs is 1. The molecule has 0 aliphatic rings. The van der Waals surface area contributed by atoms with E-state index in [9.17, 15) is 9.59 Å². The average molecular weight is 394 g/mol. The van der Waals surface area contributed by atoms with Crippen molar-refractivity contribution in [3.63, 3.8) is 0 Å². The van der Waals surface area contributed by atoms with Gasteiger partial charge >= 0.3 is 11.9 Å². The number of rotatable bonds is 4. The Morgan fingerprint density at radius 3 is 2.69 bits per heavy atom. The fraction of sp³-hybridized carbons (Fsp3) is 0.176. The molecule has 0 bridgehead atoms. The van der Waals surface area contributed by atoms with E-state index in [4.69, 9.17) is 32.7 Å². The second kappa shape index (κ2) is 7.31. The number of hydrogen-bond acceptors (Lipinski definition) is 6. The van der Waals surface area contributed by atoms with Gasteiger partial charge in [0.15, 0.2) is 0 Å². The molecule has 0 spiro atoms. The van der Waals surface area contributed by atoms with E-state index in [2.05, 4.69) is 15.2 Å². The number of nitrogens with one attached hydrogen (secondary N) is 1. The molecule has 0 aliphatic carbocycles. The number of benzene rings is 1. The van der Waals surface area contributed by atoms with Crippen molar-refractivity contribution in [2.24, 2.45) is 0 Å². The lowest BCUT2D eigenvalue weighted by molar-refractivity contribution is -0.151. The summed E-state index contributed by atoms with van der Waals surface area (Å²) >= 11 is 12.0. The van der Waals surface area contributed by atoms with Crippen molar-refractivity contribution in [3.8, 4) is 0 Å². The highest BCUT2D eigenvalue weighted by atomic mass is 35.5. The number of esters is 2. The molecule has 9 heteroatoms. The maximum absolute atomic E-state index is 12.5. The van der Waals surface area contributed by atoms with Gasteiger partial charge in [0.1, 0.15) is 11.2 Å². The summed E-state index contributed by atoms with van der Waals surface area (Å²) in [6.45, 7) is 1.81. The summed E-state index contributed by atoms with van der Waals surface area (Å²) in [5, 5.41) is 8.14. The number of ether oxygens (including phenoxy) is 2. The smallest absolute Gasteiger partial charge is 0.358 e. The molecule has 0 saturated carbocycles. The highest BCUT2D eigenvalue weighted by Gasteiger charge is 2.29. The third kappa shape index (κ3) is 3.49. The minimum atomic E-state index is -1.35. The van der Waals surface area contributed by atoms with Gasteiger partial charge in [-0.25, -0.2) is 14.6 Å². The van der Waals surface area contributed by atoms with Gasteiger partial charge < -0.3 is 9.47 Å². The average Bonchev–Trinajstić information content (AvgIpc) is 3.00. The number of halogens is 2. The van der Waals surface area contributed by atoms with Gasteiger partial charge in [-0.05, 0) is 25.1 Å². The number of pyridine rings is 1. The number of methoxy groups -OCH3 is 1. The summed E-state index contributed by atoms with van der Waals surface area (Å²) in [5.41, 5.74) is 1.68. The van der Waals surface area contributed by atoms with Crippen LogP contribution in [0.4, 0.5) is 0 Å². The number of aromatic amines is 1. The van der Waals surface area contributed by atoms with E-state index in [0.717, 1.165) is 11.1 Å². The number of hydrogen-bond donors (Lipinski definition) is 1. The van der Waals surface area contributed by atoms with Gasteiger partial charge in [-0.2, -0.15) is 5.10 Å². The lowest BCUT2D eigenvalue weighted by atomic mass is 10.1. The molecule has 1 aromatic carbocycles. The second-order valence-electron chi connectivity index (χ2n) is 5.41. The highest BCUT2D eigenvalue weighted by molar-refractivity contribution is 6.35. The number of aromatic nitrogens is 3. The topological polar surface area (TPSA) is 94.2 Å². The van der Waals surface area contributed by atoms with Crippen molar-refractivity contribution >= 4 is 46.0 Å². The first-order valence-corrected chi connectivity index (χ1v) is 8.20. The summed E-state index contributed by atoms with van der Waals surface area (Å²) in [4.78, 5) is 28.7. The van der Waals surface area contributed by atoms with Crippen LogP contribution >= 0.6 is 23.2 Å². The minimum absolute atomic E-state index is 0.0287. The lowest BCUT2D eigenvalue weighted by Gasteiger charge is -2.17. The van der Waals surface area contributed by atoms with Crippen molar-refractivity contribution in [3.05, 3.63) is 57.5 Å². The fourth-order valence-electron chi connectivity index (χ4n) is 2.38. The molecule has 134 valence electrons. The first-order chi connectivity index (χ1) is 12.4. The molecule has 1 N–H and O–H groups in total. The first-order valence-electron chi connectivity index (χ1n) is 7.45. The van der Waals surface area contributed by atoms with Crippen LogP contribution in [0.2, 0.25) is 10.0 Å². The third-order valence-electron chi connectivity index (χ3n) is 3.73. The molecule has 2 heterocycles.